The van der Waals surface area contributed by atoms with E-state index in [1.54, 1.807) is 30.3 Å². The Kier molecular flexibility index (Phi) is 5.25. The minimum atomic E-state index is -0.988. The van der Waals surface area contributed by atoms with Gasteiger partial charge in [-0.1, -0.05) is 47.4 Å². The molecule has 2 aromatic heterocycles. The quantitative estimate of drug-likeness (QED) is 0.287. The van der Waals surface area contributed by atoms with Gasteiger partial charge in [0.05, 0.1) is 20.7 Å². The smallest absolute Gasteiger partial charge is 0.335 e. The van der Waals surface area contributed by atoms with Gasteiger partial charge in [0.25, 0.3) is 5.91 Å². The van der Waals surface area contributed by atoms with Crippen LogP contribution in [0.15, 0.2) is 70.0 Å². The van der Waals surface area contributed by atoms with Crippen LogP contribution in [-0.4, -0.2) is 31.3 Å². The summed E-state index contributed by atoms with van der Waals surface area (Å²) in [4.78, 5) is 28.8. The Hall–Kier alpha value is -3.47. The number of amides is 1. The van der Waals surface area contributed by atoms with Gasteiger partial charge in [-0.05, 0) is 48.6 Å². The van der Waals surface area contributed by atoms with Crippen LogP contribution in [-0.2, 0) is 4.79 Å². The van der Waals surface area contributed by atoms with E-state index in [0.717, 1.165) is 15.8 Å². The number of thioether (sulfide) groups is 1. The van der Waals surface area contributed by atoms with E-state index in [2.05, 4.69) is 10.4 Å². The molecule has 2 aromatic carbocycles. The second-order valence-corrected chi connectivity index (χ2v) is 9.41. The van der Waals surface area contributed by atoms with Crippen molar-refractivity contribution in [1.29, 1.82) is 0 Å². The zero-order valence-electron chi connectivity index (χ0n) is 16.1. The molecule has 1 saturated heterocycles. The van der Waals surface area contributed by atoms with E-state index in [0.29, 0.717) is 25.9 Å². The van der Waals surface area contributed by atoms with E-state index in [-0.39, 0.29) is 11.5 Å². The minimum absolute atomic E-state index is 0.199. The molecule has 1 aliphatic heterocycles. The molecule has 1 fully saturated rings. The maximum absolute atomic E-state index is 12.9. The number of thiazole rings is 1. The molecule has 0 bridgehead atoms. The number of nitrogens with zero attached hydrogens (tertiary/aromatic N) is 2. The number of anilines is 1. The molecule has 1 amide bonds. The van der Waals surface area contributed by atoms with Crippen molar-refractivity contribution in [3.63, 3.8) is 0 Å². The number of carbonyl (C=O) groups is 2. The Bertz CT molecular complexity index is 1370. The summed E-state index contributed by atoms with van der Waals surface area (Å²) in [6, 6.07) is 17.6. The summed E-state index contributed by atoms with van der Waals surface area (Å²) in [6.07, 6.45) is 1.63. The molecular weight excluding hydrogens is 466 g/mol. The summed E-state index contributed by atoms with van der Waals surface area (Å²) in [5.74, 6) is -0.222. The van der Waals surface area contributed by atoms with Crippen molar-refractivity contribution in [3.8, 4) is 11.3 Å². The van der Waals surface area contributed by atoms with Gasteiger partial charge in [-0.2, -0.15) is 5.01 Å². The zero-order chi connectivity index (χ0) is 22.2. The molecule has 5 rings (SSSR count). The first-order valence-electron chi connectivity index (χ1n) is 9.32. The Morgan fingerprint density at radius 1 is 1.12 bits per heavy atom. The molecule has 10 heteroatoms. The van der Waals surface area contributed by atoms with E-state index in [4.69, 9.17) is 21.7 Å². The third-order valence-electron chi connectivity index (χ3n) is 4.61. The van der Waals surface area contributed by atoms with Crippen molar-refractivity contribution >= 4 is 72.9 Å². The molecule has 0 radical (unpaired) electrons. The summed E-state index contributed by atoms with van der Waals surface area (Å²) in [6.45, 7) is 0. The Labute approximate surface area is 195 Å². The predicted molar refractivity (Wildman–Crippen MR) is 129 cm³/mol. The van der Waals surface area contributed by atoms with Gasteiger partial charge in [-0.25, -0.2) is 9.78 Å². The van der Waals surface area contributed by atoms with E-state index in [1.165, 1.54) is 40.2 Å². The number of thiocarbonyl (C=S) groups is 1. The maximum atomic E-state index is 12.9. The fourth-order valence-corrected chi connectivity index (χ4v) is 5.09. The number of carboxylic acids is 1. The normalized spacial score (nSPS) is 15.1. The topological polar surface area (TPSA) is 95.7 Å². The van der Waals surface area contributed by atoms with Crippen LogP contribution in [0.25, 0.3) is 27.6 Å². The van der Waals surface area contributed by atoms with Crippen molar-refractivity contribution in [2.75, 3.05) is 5.43 Å². The molecule has 32 heavy (non-hydrogen) atoms. The lowest BCUT2D eigenvalue weighted by Gasteiger charge is -2.14. The average Bonchev–Trinajstić information content (AvgIpc) is 3.48. The summed E-state index contributed by atoms with van der Waals surface area (Å²) < 4.78 is 7.21. The Balaban J connectivity index is 1.34. The molecule has 0 aliphatic carbocycles. The SMILES string of the molecule is O=C(O)c1ccc(-c2ccc(C=C3SC(=S)N(Nc4nc5ccccc5s4)C3=O)o2)cc1. The van der Waals surface area contributed by atoms with Crippen LogP contribution < -0.4 is 5.43 Å². The van der Waals surface area contributed by atoms with Crippen LogP contribution in [0.5, 0.6) is 0 Å². The standard InChI is InChI=1S/C22H13N3O4S3/c26-19-18(11-14-9-10-16(29-14)12-5-7-13(8-6-12)20(27)28)32-22(30)25(19)24-21-23-15-3-1-2-4-17(15)31-21/h1-11H,(H,23,24)(H,27,28). The minimum Gasteiger partial charge on any atom is -0.478 e. The highest BCUT2D eigenvalue weighted by atomic mass is 32.2. The van der Waals surface area contributed by atoms with Crippen LogP contribution in [0.2, 0.25) is 0 Å². The average molecular weight is 480 g/mol. The number of aromatic carboxylic acids is 1. The third-order valence-corrected chi connectivity index (χ3v) is 6.85. The first-order chi connectivity index (χ1) is 15.5. The summed E-state index contributed by atoms with van der Waals surface area (Å²) in [5, 5.41) is 10.9. The van der Waals surface area contributed by atoms with Gasteiger partial charge in [0.15, 0.2) is 4.32 Å². The molecule has 0 unspecified atom stereocenters. The number of fused-ring (bicyclic) bond motifs is 1. The van der Waals surface area contributed by atoms with Crippen molar-refractivity contribution in [2.24, 2.45) is 0 Å². The molecule has 2 N–H and O–H groups in total. The van der Waals surface area contributed by atoms with E-state index in [1.807, 2.05) is 24.3 Å². The Morgan fingerprint density at radius 2 is 1.91 bits per heavy atom. The second-order valence-electron chi connectivity index (χ2n) is 6.70. The highest BCUT2D eigenvalue weighted by Gasteiger charge is 2.33. The molecule has 4 aromatic rings. The van der Waals surface area contributed by atoms with Crippen molar-refractivity contribution in [3.05, 3.63) is 76.9 Å². The highest BCUT2D eigenvalue weighted by molar-refractivity contribution is 8.26. The lowest BCUT2D eigenvalue weighted by Crippen LogP contribution is -2.33. The number of carboxylic acid groups (broad SMARTS) is 1. The van der Waals surface area contributed by atoms with Crippen LogP contribution in [0.1, 0.15) is 16.1 Å². The summed E-state index contributed by atoms with van der Waals surface area (Å²) in [7, 11) is 0. The van der Waals surface area contributed by atoms with Gasteiger partial charge >= 0.3 is 5.97 Å². The lowest BCUT2D eigenvalue weighted by atomic mass is 10.1. The first-order valence-corrected chi connectivity index (χ1v) is 11.4. The van der Waals surface area contributed by atoms with E-state index >= 15 is 0 Å². The van der Waals surface area contributed by atoms with Gasteiger partial charge < -0.3 is 9.52 Å². The fraction of sp³-hybridized carbons (Fsp3) is 0. The van der Waals surface area contributed by atoms with Crippen LogP contribution in [0.4, 0.5) is 5.13 Å². The van der Waals surface area contributed by atoms with E-state index in [9.17, 15) is 9.59 Å². The molecule has 0 saturated carbocycles. The third kappa shape index (κ3) is 3.91. The number of rotatable bonds is 5. The van der Waals surface area contributed by atoms with Crippen LogP contribution in [0.3, 0.4) is 0 Å². The van der Waals surface area contributed by atoms with Gasteiger partial charge in [-0.15, -0.1) is 0 Å². The fourth-order valence-electron chi connectivity index (χ4n) is 3.07. The van der Waals surface area contributed by atoms with Crippen molar-refractivity contribution < 1.29 is 19.1 Å². The highest BCUT2D eigenvalue weighted by Crippen LogP contribution is 2.35. The van der Waals surface area contributed by atoms with Gasteiger partial charge in [0.1, 0.15) is 11.5 Å². The zero-order valence-corrected chi connectivity index (χ0v) is 18.6. The molecule has 3 heterocycles. The summed E-state index contributed by atoms with van der Waals surface area (Å²) >= 11 is 7.98. The number of nitrogens with one attached hydrogen (secondary N) is 1. The number of carbonyl (C=O) groups excluding carboxylic acids is 1. The first kappa shape index (κ1) is 20.4. The number of hydrogen-bond donors (Lipinski definition) is 2. The van der Waals surface area contributed by atoms with Gasteiger partial charge in [-0.3, -0.25) is 10.2 Å². The lowest BCUT2D eigenvalue weighted by molar-refractivity contribution is -0.121. The predicted octanol–water partition coefficient (Wildman–Crippen LogP) is 5.48. The maximum Gasteiger partial charge on any atom is 0.335 e. The number of furan rings is 1. The van der Waals surface area contributed by atoms with Gasteiger partial charge in [0, 0.05) is 11.6 Å². The molecular formula is C22H13N3O4S3. The largest absolute Gasteiger partial charge is 0.478 e. The number of hydrogen-bond acceptors (Lipinski definition) is 8. The van der Waals surface area contributed by atoms with Gasteiger partial charge in [0.2, 0.25) is 5.13 Å². The molecule has 0 atom stereocenters. The van der Waals surface area contributed by atoms with Crippen LogP contribution in [0, 0.1) is 0 Å². The molecule has 0 spiro atoms. The second kappa shape index (κ2) is 8.23. The number of para-hydroxylation sites is 1. The number of hydrazine groups is 1. The summed E-state index contributed by atoms with van der Waals surface area (Å²) in [5.41, 5.74) is 4.78. The molecule has 158 valence electrons. The van der Waals surface area contributed by atoms with Crippen LogP contribution >= 0.6 is 35.3 Å². The number of aromatic nitrogens is 1. The molecule has 1 aliphatic rings. The number of benzene rings is 2. The Morgan fingerprint density at radius 3 is 2.66 bits per heavy atom. The van der Waals surface area contributed by atoms with Crippen molar-refractivity contribution in [2.45, 2.75) is 0 Å². The van der Waals surface area contributed by atoms with Crippen molar-refractivity contribution in [1.82, 2.24) is 9.99 Å². The molecule has 7 nitrogen and oxygen atoms in total. The van der Waals surface area contributed by atoms with E-state index < -0.39 is 5.97 Å². The monoisotopic (exact) mass is 479 g/mol.